The van der Waals surface area contributed by atoms with Gasteiger partial charge in [0.05, 0.1) is 5.75 Å². The number of carboxylic acids is 1. The Bertz CT molecular complexity index is 500. The standard InChI is InChI=1S/C13H22N4O3S/c1-8(2)5-14-10(18)6-17-12(9(3)4)15-16-13(17)21-7-11(19)20/h8-9H,5-7H2,1-4H3,(H,14,18)(H,19,20). The Morgan fingerprint density at radius 2 is 1.95 bits per heavy atom. The van der Waals surface area contributed by atoms with Crippen molar-refractivity contribution in [2.24, 2.45) is 5.92 Å². The molecule has 0 saturated carbocycles. The average molecular weight is 314 g/mol. The van der Waals surface area contributed by atoms with Crippen LogP contribution in [0, 0.1) is 5.92 Å². The van der Waals surface area contributed by atoms with E-state index in [0.717, 1.165) is 11.8 Å². The number of hydrogen-bond acceptors (Lipinski definition) is 5. The number of carboxylic acid groups (broad SMARTS) is 1. The molecule has 2 N–H and O–H groups in total. The Morgan fingerprint density at radius 3 is 2.48 bits per heavy atom. The minimum absolute atomic E-state index is 0.106. The number of nitrogens with one attached hydrogen (secondary N) is 1. The lowest BCUT2D eigenvalue weighted by Gasteiger charge is -2.12. The smallest absolute Gasteiger partial charge is 0.313 e. The quantitative estimate of drug-likeness (QED) is 0.703. The molecule has 8 heteroatoms. The van der Waals surface area contributed by atoms with E-state index in [1.807, 2.05) is 27.7 Å². The van der Waals surface area contributed by atoms with Gasteiger partial charge in [0.25, 0.3) is 0 Å². The van der Waals surface area contributed by atoms with Crippen LogP contribution in [0.15, 0.2) is 5.16 Å². The van der Waals surface area contributed by atoms with Gasteiger partial charge in [0.15, 0.2) is 5.16 Å². The van der Waals surface area contributed by atoms with Crippen LogP contribution >= 0.6 is 11.8 Å². The van der Waals surface area contributed by atoms with Crippen LogP contribution in [0.4, 0.5) is 0 Å². The van der Waals surface area contributed by atoms with Crippen molar-refractivity contribution in [3.05, 3.63) is 5.82 Å². The molecule has 0 aliphatic heterocycles. The number of amides is 1. The summed E-state index contributed by atoms with van der Waals surface area (Å²) in [7, 11) is 0. The maximum absolute atomic E-state index is 12.0. The fourth-order valence-electron chi connectivity index (χ4n) is 1.63. The molecule has 0 atom stereocenters. The molecule has 0 saturated heterocycles. The largest absolute Gasteiger partial charge is 0.481 e. The molecule has 0 fully saturated rings. The summed E-state index contributed by atoms with van der Waals surface area (Å²) < 4.78 is 1.69. The number of carbonyl (C=O) groups excluding carboxylic acids is 1. The van der Waals surface area contributed by atoms with E-state index in [0.29, 0.717) is 23.4 Å². The van der Waals surface area contributed by atoms with Gasteiger partial charge in [0.1, 0.15) is 12.4 Å². The Kier molecular flexibility index (Phi) is 6.67. The first kappa shape index (κ1) is 17.5. The van der Waals surface area contributed by atoms with E-state index < -0.39 is 5.97 Å². The molecule has 0 aliphatic rings. The van der Waals surface area contributed by atoms with Crippen molar-refractivity contribution >= 4 is 23.6 Å². The summed E-state index contributed by atoms with van der Waals surface area (Å²) in [6, 6.07) is 0. The second kappa shape index (κ2) is 8.02. The maximum atomic E-state index is 12.0. The molecule has 21 heavy (non-hydrogen) atoms. The zero-order valence-electron chi connectivity index (χ0n) is 12.8. The van der Waals surface area contributed by atoms with Gasteiger partial charge in [0.2, 0.25) is 5.91 Å². The third-order valence-electron chi connectivity index (χ3n) is 2.60. The molecule has 1 heterocycles. The zero-order chi connectivity index (χ0) is 16.0. The van der Waals surface area contributed by atoms with Gasteiger partial charge in [0, 0.05) is 12.5 Å². The first-order valence-electron chi connectivity index (χ1n) is 6.85. The molecule has 0 radical (unpaired) electrons. The summed E-state index contributed by atoms with van der Waals surface area (Å²) in [6.07, 6.45) is 0. The monoisotopic (exact) mass is 314 g/mol. The van der Waals surface area contributed by atoms with Gasteiger partial charge < -0.3 is 10.4 Å². The third kappa shape index (κ3) is 5.74. The Morgan fingerprint density at radius 1 is 1.29 bits per heavy atom. The number of nitrogens with zero attached hydrogens (tertiary/aromatic N) is 3. The molecule has 0 unspecified atom stereocenters. The van der Waals surface area contributed by atoms with Crippen LogP contribution in [0.3, 0.4) is 0 Å². The van der Waals surface area contributed by atoms with Gasteiger partial charge in [-0.1, -0.05) is 39.5 Å². The van der Waals surface area contributed by atoms with Crippen molar-refractivity contribution in [2.75, 3.05) is 12.3 Å². The van der Waals surface area contributed by atoms with Crippen molar-refractivity contribution in [3.8, 4) is 0 Å². The molecule has 1 aromatic rings. The topological polar surface area (TPSA) is 97.1 Å². The predicted octanol–water partition coefficient (Wildman–Crippen LogP) is 1.35. The van der Waals surface area contributed by atoms with E-state index in [9.17, 15) is 9.59 Å². The summed E-state index contributed by atoms with van der Waals surface area (Å²) in [6.45, 7) is 8.67. The van der Waals surface area contributed by atoms with Gasteiger partial charge >= 0.3 is 5.97 Å². The lowest BCUT2D eigenvalue weighted by atomic mass is 10.2. The minimum Gasteiger partial charge on any atom is -0.481 e. The van der Waals surface area contributed by atoms with Crippen molar-refractivity contribution in [1.29, 1.82) is 0 Å². The van der Waals surface area contributed by atoms with Crippen LogP contribution in [-0.4, -0.2) is 44.0 Å². The highest BCUT2D eigenvalue weighted by Gasteiger charge is 2.18. The summed E-state index contributed by atoms with van der Waals surface area (Å²) in [5.41, 5.74) is 0. The van der Waals surface area contributed by atoms with Gasteiger partial charge in [-0.2, -0.15) is 0 Å². The van der Waals surface area contributed by atoms with Gasteiger partial charge in [-0.3, -0.25) is 14.2 Å². The van der Waals surface area contributed by atoms with Crippen molar-refractivity contribution in [3.63, 3.8) is 0 Å². The Hall–Kier alpha value is -1.57. The van der Waals surface area contributed by atoms with Crippen LogP contribution < -0.4 is 5.32 Å². The number of aromatic nitrogens is 3. The normalized spacial score (nSPS) is 11.1. The number of rotatable bonds is 8. The van der Waals surface area contributed by atoms with Crippen LogP contribution in [0.5, 0.6) is 0 Å². The summed E-state index contributed by atoms with van der Waals surface area (Å²) in [4.78, 5) is 22.6. The highest BCUT2D eigenvalue weighted by Crippen LogP contribution is 2.21. The van der Waals surface area contributed by atoms with E-state index in [1.54, 1.807) is 4.57 Å². The Labute approximate surface area is 128 Å². The second-order valence-corrected chi connectivity index (χ2v) is 6.40. The second-order valence-electron chi connectivity index (χ2n) is 5.46. The van der Waals surface area contributed by atoms with Gasteiger partial charge in [-0.05, 0) is 5.92 Å². The lowest BCUT2D eigenvalue weighted by Crippen LogP contribution is -2.31. The highest BCUT2D eigenvalue weighted by atomic mass is 32.2. The molecule has 0 spiro atoms. The van der Waals surface area contributed by atoms with E-state index in [-0.39, 0.29) is 24.1 Å². The van der Waals surface area contributed by atoms with E-state index >= 15 is 0 Å². The zero-order valence-corrected chi connectivity index (χ0v) is 13.6. The number of thioether (sulfide) groups is 1. The summed E-state index contributed by atoms with van der Waals surface area (Å²) in [5, 5.41) is 20.1. The Balaban J connectivity index is 2.82. The molecular formula is C13H22N4O3S. The average Bonchev–Trinajstić information content (AvgIpc) is 2.77. The van der Waals surface area contributed by atoms with Crippen LogP contribution in [0.2, 0.25) is 0 Å². The molecule has 7 nitrogen and oxygen atoms in total. The number of hydrogen-bond donors (Lipinski definition) is 2. The van der Waals surface area contributed by atoms with Crippen molar-refractivity contribution in [1.82, 2.24) is 20.1 Å². The fraction of sp³-hybridized carbons (Fsp3) is 0.692. The third-order valence-corrected chi connectivity index (χ3v) is 3.55. The summed E-state index contributed by atoms with van der Waals surface area (Å²) in [5.74, 6) is 0.00838. The molecule has 0 bridgehead atoms. The SMILES string of the molecule is CC(C)CNC(=O)Cn1c(SCC(=O)O)nnc1C(C)C. The number of carbonyl (C=O) groups is 2. The number of aliphatic carboxylic acids is 1. The first-order chi connectivity index (χ1) is 9.81. The highest BCUT2D eigenvalue weighted by molar-refractivity contribution is 7.99. The van der Waals surface area contributed by atoms with Crippen LogP contribution in [0.1, 0.15) is 39.4 Å². The van der Waals surface area contributed by atoms with E-state index in [4.69, 9.17) is 5.11 Å². The molecule has 1 rings (SSSR count). The predicted molar refractivity (Wildman–Crippen MR) is 80.3 cm³/mol. The molecule has 1 aromatic heterocycles. The van der Waals surface area contributed by atoms with Gasteiger partial charge in [-0.25, -0.2) is 0 Å². The fourth-order valence-corrected chi connectivity index (χ4v) is 2.29. The van der Waals surface area contributed by atoms with E-state index in [1.165, 1.54) is 0 Å². The molecular weight excluding hydrogens is 292 g/mol. The van der Waals surface area contributed by atoms with Gasteiger partial charge in [-0.15, -0.1) is 10.2 Å². The van der Waals surface area contributed by atoms with Crippen LogP contribution in [-0.2, 0) is 16.1 Å². The molecule has 0 aliphatic carbocycles. The minimum atomic E-state index is -0.926. The molecule has 118 valence electrons. The van der Waals surface area contributed by atoms with E-state index in [2.05, 4.69) is 15.5 Å². The van der Waals surface area contributed by atoms with Crippen LogP contribution in [0.25, 0.3) is 0 Å². The summed E-state index contributed by atoms with van der Waals surface area (Å²) >= 11 is 1.07. The molecule has 0 aromatic carbocycles. The maximum Gasteiger partial charge on any atom is 0.313 e. The molecule has 1 amide bonds. The van der Waals surface area contributed by atoms with Crippen molar-refractivity contribution in [2.45, 2.75) is 45.3 Å². The lowest BCUT2D eigenvalue weighted by molar-refractivity contribution is -0.133. The van der Waals surface area contributed by atoms with Crippen molar-refractivity contribution < 1.29 is 14.7 Å². The first-order valence-corrected chi connectivity index (χ1v) is 7.84.